The molecule has 0 amide bonds. The number of para-hydroxylation sites is 1. The molecule has 0 unspecified atom stereocenters. The number of hydrogen-bond donors (Lipinski definition) is 1. The summed E-state index contributed by atoms with van der Waals surface area (Å²) in [5, 5.41) is 0. The van der Waals surface area contributed by atoms with Crippen molar-refractivity contribution in [2.24, 2.45) is 5.92 Å². The summed E-state index contributed by atoms with van der Waals surface area (Å²) in [6.07, 6.45) is 2.91. The van der Waals surface area contributed by atoms with Crippen LogP contribution in [0.4, 0.5) is 5.69 Å². The molecule has 0 saturated carbocycles. The highest BCUT2D eigenvalue weighted by Gasteiger charge is 2.25. The SMILES string of the molecule is CCCCN(C)S(=O)(=O)NC[C@H]1CCN(c2ccccc2)C1. The van der Waals surface area contributed by atoms with Gasteiger partial charge in [0.15, 0.2) is 0 Å². The highest BCUT2D eigenvalue weighted by Crippen LogP contribution is 2.23. The minimum atomic E-state index is -3.34. The predicted octanol–water partition coefficient (Wildman–Crippen LogP) is 2.08. The molecule has 5 nitrogen and oxygen atoms in total. The van der Waals surface area contributed by atoms with E-state index in [1.165, 1.54) is 9.99 Å². The summed E-state index contributed by atoms with van der Waals surface area (Å²) in [5.74, 6) is 0.370. The summed E-state index contributed by atoms with van der Waals surface area (Å²) in [7, 11) is -1.70. The van der Waals surface area contributed by atoms with Crippen molar-refractivity contribution in [2.45, 2.75) is 26.2 Å². The number of nitrogens with one attached hydrogen (secondary N) is 1. The summed E-state index contributed by atoms with van der Waals surface area (Å²) in [6, 6.07) is 10.3. The number of nitrogens with zero attached hydrogens (tertiary/aromatic N) is 2. The molecule has 1 fully saturated rings. The predicted molar refractivity (Wildman–Crippen MR) is 91.2 cm³/mol. The maximum atomic E-state index is 12.1. The van der Waals surface area contributed by atoms with Crippen LogP contribution in [0.2, 0.25) is 0 Å². The van der Waals surface area contributed by atoms with Crippen LogP contribution >= 0.6 is 0 Å². The van der Waals surface area contributed by atoms with Crippen molar-refractivity contribution < 1.29 is 8.42 Å². The number of anilines is 1. The molecule has 1 saturated heterocycles. The number of rotatable bonds is 8. The van der Waals surface area contributed by atoms with Gasteiger partial charge in [0, 0.05) is 38.9 Å². The zero-order valence-electron chi connectivity index (χ0n) is 13.5. The third kappa shape index (κ3) is 4.69. The van der Waals surface area contributed by atoms with Crippen LogP contribution in [0.25, 0.3) is 0 Å². The summed E-state index contributed by atoms with van der Waals surface area (Å²) in [5.41, 5.74) is 1.22. The normalized spacial score (nSPS) is 19.0. The van der Waals surface area contributed by atoms with Gasteiger partial charge in [-0.3, -0.25) is 0 Å². The molecule has 0 bridgehead atoms. The van der Waals surface area contributed by atoms with Crippen molar-refractivity contribution in [3.63, 3.8) is 0 Å². The second-order valence-corrected chi connectivity index (χ2v) is 7.83. The first-order valence-corrected chi connectivity index (χ1v) is 9.48. The standard InChI is InChI=1S/C16H27N3O2S/c1-3-4-11-18(2)22(20,21)17-13-15-10-12-19(14-15)16-8-6-5-7-9-16/h5-9,15,17H,3-4,10-14H2,1-2H3/t15-/m1/s1. The molecule has 2 rings (SSSR count). The van der Waals surface area contributed by atoms with Crippen molar-refractivity contribution in [2.75, 3.05) is 38.1 Å². The topological polar surface area (TPSA) is 52.7 Å². The fourth-order valence-electron chi connectivity index (χ4n) is 2.71. The van der Waals surface area contributed by atoms with Crippen molar-refractivity contribution in [1.82, 2.24) is 9.03 Å². The lowest BCUT2D eigenvalue weighted by Crippen LogP contribution is -2.41. The van der Waals surface area contributed by atoms with Gasteiger partial charge in [-0.2, -0.15) is 12.7 Å². The first-order chi connectivity index (χ1) is 10.5. The van der Waals surface area contributed by atoms with Gasteiger partial charge in [-0.1, -0.05) is 31.5 Å². The first kappa shape index (κ1) is 17.2. The Morgan fingerprint density at radius 3 is 2.73 bits per heavy atom. The van der Waals surface area contributed by atoms with Crippen LogP contribution in [0.15, 0.2) is 30.3 Å². The second kappa shape index (κ2) is 7.94. The van der Waals surface area contributed by atoms with E-state index < -0.39 is 10.2 Å². The van der Waals surface area contributed by atoms with Crippen molar-refractivity contribution >= 4 is 15.9 Å². The Kier molecular flexibility index (Phi) is 6.23. The van der Waals surface area contributed by atoms with Crippen LogP contribution in [-0.2, 0) is 10.2 Å². The van der Waals surface area contributed by atoms with E-state index in [0.717, 1.165) is 32.4 Å². The maximum absolute atomic E-state index is 12.1. The van der Waals surface area contributed by atoms with Gasteiger partial charge in [0.05, 0.1) is 0 Å². The molecule has 124 valence electrons. The van der Waals surface area contributed by atoms with Gasteiger partial charge < -0.3 is 4.90 Å². The third-order valence-electron chi connectivity index (χ3n) is 4.20. The van der Waals surface area contributed by atoms with E-state index in [1.54, 1.807) is 7.05 Å². The highest BCUT2D eigenvalue weighted by molar-refractivity contribution is 7.87. The number of hydrogen-bond acceptors (Lipinski definition) is 3. The van der Waals surface area contributed by atoms with Crippen LogP contribution in [0.5, 0.6) is 0 Å². The molecule has 1 atom stereocenters. The Balaban J connectivity index is 1.81. The Hall–Kier alpha value is -1.11. The highest BCUT2D eigenvalue weighted by atomic mass is 32.2. The van der Waals surface area contributed by atoms with E-state index in [2.05, 4.69) is 28.7 Å². The summed E-state index contributed by atoms with van der Waals surface area (Å²) in [6.45, 7) is 5.05. The molecule has 1 aromatic rings. The molecule has 1 N–H and O–H groups in total. The van der Waals surface area contributed by atoms with E-state index in [-0.39, 0.29) is 0 Å². The molecule has 0 aliphatic carbocycles. The average Bonchev–Trinajstić information content (AvgIpc) is 3.00. The summed E-state index contributed by atoms with van der Waals surface area (Å²) in [4.78, 5) is 2.32. The van der Waals surface area contributed by atoms with Crippen LogP contribution in [-0.4, -0.2) is 45.9 Å². The van der Waals surface area contributed by atoms with Gasteiger partial charge >= 0.3 is 0 Å². The summed E-state index contributed by atoms with van der Waals surface area (Å²) >= 11 is 0. The lowest BCUT2D eigenvalue weighted by atomic mass is 10.1. The second-order valence-electron chi connectivity index (χ2n) is 5.96. The molecule has 22 heavy (non-hydrogen) atoms. The van der Waals surface area contributed by atoms with E-state index in [1.807, 2.05) is 18.2 Å². The van der Waals surface area contributed by atoms with Gasteiger partial charge in [0.1, 0.15) is 0 Å². The zero-order valence-corrected chi connectivity index (χ0v) is 14.3. The molecule has 1 aliphatic rings. The van der Waals surface area contributed by atoms with Crippen molar-refractivity contribution in [3.05, 3.63) is 30.3 Å². The molecular formula is C16H27N3O2S. The van der Waals surface area contributed by atoms with Crippen LogP contribution < -0.4 is 9.62 Å². The largest absolute Gasteiger partial charge is 0.371 e. The van der Waals surface area contributed by atoms with E-state index in [0.29, 0.717) is 19.0 Å². The smallest absolute Gasteiger partial charge is 0.279 e. The molecule has 1 heterocycles. The fourth-order valence-corrected chi connectivity index (χ4v) is 3.74. The zero-order chi connectivity index (χ0) is 16.0. The minimum absolute atomic E-state index is 0.370. The van der Waals surface area contributed by atoms with Gasteiger partial charge in [-0.15, -0.1) is 0 Å². The van der Waals surface area contributed by atoms with Gasteiger partial charge in [0.25, 0.3) is 10.2 Å². The molecule has 0 radical (unpaired) electrons. The average molecular weight is 325 g/mol. The van der Waals surface area contributed by atoms with E-state index in [4.69, 9.17) is 0 Å². The molecule has 1 aromatic carbocycles. The molecule has 1 aliphatic heterocycles. The van der Waals surface area contributed by atoms with E-state index >= 15 is 0 Å². The number of unbranched alkanes of at least 4 members (excludes halogenated alkanes) is 1. The van der Waals surface area contributed by atoms with Crippen LogP contribution in [0.3, 0.4) is 0 Å². The molecule has 0 spiro atoms. The molecule has 6 heteroatoms. The van der Waals surface area contributed by atoms with Crippen LogP contribution in [0.1, 0.15) is 26.2 Å². The Morgan fingerprint density at radius 2 is 2.05 bits per heavy atom. The molecule has 0 aromatic heterocycles. The van der Waals surface area contributed by atoms with Gasteiger partial charge in [-0.25, -0.2) is 4.72 Å². The monoisotopic (exact) mass is 325 g/mol. The lowest BCUT2D eigenvalue weighted by Gasteiger charge is -2.20. The maximum Gasteiger partial charge on any atom is 0.279 e. The van der Waals surface area contributed by atoms with Crippen LogP contribution in [0, 0.1) is 5.92 Å². The van der Waals surface area contributed by atoms with Crippen molar-refractivity contribution in [1.29, 1.82) is 0 Å². The summed E-state index contributed by atoms with van der Waals surface area (Å²) < 4.78 is 28.5. The fraction of sp³-hybridized carbons (Fsp3) is 0.625. The lowest BCUT2D eigenvalue weighted by molar-refractivity contribution is 0.441. The Labute approximate surface area is 134 Å². The Morgan fingerprint density at radius 1 is 1.32 bits per heavy atom. The Bertz CT molecular complexity index is 548. The van der Waals surface area contributed by atoms with E-state index in [9.17, 15) is 8.42 Å². The minimum Gasteiger partial charge on any atom is -0.371 e. The number of benzene rings is 1. The first-order valence-electron chi connectivity index (χ1n) is 8.04. The molecular weight excluding hydrogens is 298 g/mol. The van der Waals surface area contributed by atoms with Gasteiger partial charge in [-0.05, 0) is 30.9 Å². The quantitative estimate of drug-likeness (QED) is 0.796. The third-order valence-corrected chi connectivity index (χ3v) is 5.73. The van der Waals surface area contributed by atoms with Crippen molar-refractivity contribution in [3.8, 4) is 0 Å². The van der Waals surface area contributed by atoms with Gasteiger partial charge in [0.2, 0.25) is 0 Å².